The Kier molecular flexibility index (Phi) is 6.15. The summed E-state index contributed by atoms with van der Waals surface area (Å²) in [6.45, 7) is 0. The van der Waals surface area contributed by atoms with Crippen LogP contribution in [-0.2, 0) is 11.2 Å². The molecule has 0 fully saturated rings. The lowest BCUT2D eigenvalue weighted by Crippen LogP contribution is -2.16. The van der Waals surface area contributed by atoms with Gasteiger partial charge in [0.05, 0.1) is 24.1 Å². The molecule has 0 saturated heterocycles. The minimum absolute atomic E-state index is 0.0681. The molecule has 0 aliphatic rings. The van der Waals surface area contributed by atoms with Crippen LogP contribution in [0.4, 0.5) is 16.5 Å². The minimum Gasteiger partial charge on any atom is -0.495 e. The zero-order valence-electron chi connectivity index (χ0n) is 15.2. The Morgan fingerprint density at radius 3 is 2.62 bits per heavy atom. The second-order valence-electron chi connectivity index (χ2n) is 5.84. The third-order valence-electron chi connectivity index (χ3n) is 3.83. The van der Waals surface area contributed by atoms with Crippen molar-refractivity contribution in [1.29, 1.82) is 0 Å². The lowest BCUT2D eigenvalue weighted by molar-refractivity contribution is -0.384. The van der Waals surface area contributed by atoms with Gasteiger partial charge in [0.1, 0.15) is 11.4 Å². The smallest absolute Gasteiger partial charge is 0.275 e. The summed E-state index contributed by atoms with van der Waals surface area (Å²) in [5, 5.41) is 17.9. The predicted molar refractivity (Wildman–Crippen MR) is 108 cm³/mol. The Morgan fingerprint density at radius 2 is 1.93 bits per heavy atom. The minimum atomic E-state index is -0.580. The van der Waals surface area contributed by atoms with Gasteiger partial charge in [0.15, 0.2) is 5.13 Å². The molecule has 9 nitrogen and oxygen atoms in total. The summed E-state index contributed by atoms with van der Waals surface area (Å²) in [5.41, 5.74) is 0.887. The number of thiazole rings is 1. The van der Waals surface area contributed by atoms with E-state index in [0.29, 0.717) is 0 Å². The van der Waals surface area contributed by atoms with E-state index in [9.17, 15) is 19.7 Å². The van der Waals surface area contributed by atoms with Crippen molar-refractivity contribution in [2.24, 2.45) is 0 Å². The monoisotopic (exact) mass is 412 g/mol. The highest BCUT2D eigenvalue weighted by atomic mass is 32.1. The molecule has 0 atom stereocenters. The first kappa shape index (κ1) is 20.0. The predicted octanol–water partition coefficient (Wildman–Crippen LogP) is 3.49. The highest BCUT2D eigenvalue weighted by Crippen LogP contribution is 2.29. The molecule has 148 valence electrons. The lowest BCUT2D eigenvalue weighted by Gasteiger charge is -2.08. The second kappa shape index (κ2) is 8.93. The number of hydrogen-bond acceptors (Lipinski definition) is 7. The molecule has 0 aliphatic carbocycles. The first-order valence-corrected chi connectivity index (χ1v) is 9.27. The molecule has 29 heavy (non-hydrogen) atoms. The Hall–Kier alpha value is -3.79. The van der Waals surface area contributed by atoms with E-state index in [1.807, 2.05) is 30.3 Å². The number of nitrogens with zero attached hydrogens (tertiary/aromatic N) is 2. The fourth-order valence-corrected chi connectivity index (χ4v) is 3.18. The number of rotatable bonds is 7. The van der Waals surface area contributed by atoms with E-state index >= 15 is 0 Å². The van der Waals surface area contributed by atoms with E-state index in [1.54, 1.807) is 0 Å². The van der Waals surface area contributed by atoms with Crippen LogP contribution in [0.1, 0.15) is 16.1 Å². The second-order valence-corrected chi connectivity index (χ2v) is 6.70. The van der Waals surface area contributed by atoms with Crippen molar-refractivity contribution < 1.29 is 19.2 Å². The average molecular weight is 412 g/mol. The van der Waals surface area contributed by atoms with Crippen LogP contribution in [0.3, 0.4) is 0 Å². The van der Waals surface area contributed by atoms with Gasteiger partial charge in [-0.2, -0.15) is 0 Å². The van der Waals surface area contributed by atoms with Gasteiger partial charge in [-0.3, -0.25) is 19.7 Å². The molecular formula is C19H16N4O5S. The van der Waals surface area contributed by atoms with E-state index in [0.717, 1.165) is 16.9 Å². The molecular weight excluding hydrogens is 396 g/mol. The van der Waals surface area contributed by atoms with Gasteiger partial charge < -0.3 is 15.4 Å². The normalized spacial score (nSPS) is 10.2. The molecule has 2 amide bonds. The van der Waals surface area contributed by atoms with E-state index in [4.69, 9.17) is 4.74 Å². The number of nitrogens with one attached hydrogen (secondary N) is 2. The fourth-order valence-electron chi connectivity index (χ4n) is 2.47. The summed E-state index contributed by atoms with van der Waals surface area (Å²) in [7, 11) is 1.39. The number of ether oxygens (including phenoxy) is 1. The van der Waals surface area contributed by atoms with Crippen LogP contribution in [-0.4, -0.2) is 28.8 Å². The standard InChI is InChI=1S/C19H16N4O5S/c1-28-16-8-7-13(23(26)27)10-14(16)20-18(25)15-11-29-19(21-15)22-17(24)9-12-5-3-2-4-6-12/h2-8,10-11H,9H2,1H3,(H,20,25)(H,21,22,24). The summed E-state index contributed by atoms with van der Waals surface area (Å²) < 4.78 is 5.12. The number of nitro benzene ring substituents is 1. The summed E-state index contributed by atoms with van der Waals surface area (Å²) in [6.07, 6.45) is 0.187. The molecule has 1 heterocycles. The molecule has 0 saturated carbocycles. The molecule has 0 unspecified atom stereocenters. The Morgan fingerprint density at radius 1 is 1.17 bits per heavy atom. The van der Waals surface area contributed by atoms with Crippen LogP contribution < -0.4 is 15.4 Å². The third-order valence-corrected chi connectivity index (χ3v) is 4.59. The van der Waals surface area contributed by atoms with Crippen molar-refractivity contribution in [3.63, 3.8) is 0 Å². The van der Waals surface area contributed by atoms with E-state index in [1.165, 1.54) is 30.7 Å². The maximum absolute atomic E-state index is 12.4. The quantitative estimate of drug-likeness (QED) is 0.452. The SMILES string of the molecule is COc1ccc([N+](=O)[O-])cc1NC(=O)c1csc(NC(=O)Cc2ccccc2)n1. The maximum Gasteiger partial charge on any atom is 0.275 e. The van der Waals surface area contributed by atoms with Crippen LogP contribution in [0.25, 0.3) is 0 Å². The number of amides is 2. The Balaban J connectivity index is 1.67. The largest absolute Gasteiger partial charge is 0.495 e. The molecule has 3 rings (SSSR count). The zero-order valence-corrected chi connectivity index (χ0v) is 16.1. The number of hydrogen-bond donors (Lipinski definition) is 2. The Labute approximate surface area is 169 Å². The van der Waals surface area contributed by atoms with Crippen molar-refractivity contribution in [2.45, 2.75) is 6.42 Å². The number of aromatic nitrogens is 1. The number of anilines is 2. The first-order valence-electron chi connectivity index (χ1n) is 8.39. The number of non-ortho nitro benzene ring substituents is 1. The summed E-state index contributed by atoms with van der Waals surface area (Å²) >= 11 is 1.10. The van der Waals surface area contributed by atoms with Gasteiger partial charge in [-0.1, -0.05) is 30.3 Å². The van der Waals surface area contributed by atoms with Gasteiger partial charge in [0.2, 0.25) is 5.91 Å². The lowest BCUT2D eigenvalue weighted by atomic mass is 10.1. The molecule has 2 aromatic carbocycles. The van der Waals surface area contributed by atoms with E-state index in [-0.39, 0.29) is 40.3 Å². The van der Waals surface area contributed by atoms with Crippen LogP contribution in [0.5, 0.6) is 5.75 Å². The molecule has 10 heteroatoms. The topological polar surface area (TPSA) is 123 Å². The molecule has 0 bridgehead atoms. The summed E-state index contributed by atoms with van der Waals surface area (Å²) in [6, 6.07) is 13.1. The van der Waals surface area contributed by atoms with Crippen molar-refractivity contribution in [1.82, 2.24) is 4.98 Å². The third kappa shape index (κ3) is 5.14. The number of benzene rings is 2. The fraction of sp³-hybridized carbons (Fsp3) is 0.105. The van der Waals surface area contributed by atoms with Crippen molar-refractivity contribution in [3.05, 3.63) is 75.3 Å². The zero-order chi connectivity index (χ0) is 20.8. The van der Waals surface area contributed by atoms with Crippen LogP contribution in [0.2, 0.25) is 0 Å². The number of carbonyl (C=O) groups is 2. The van der Waals surface area contributed by atoms with Gasteiger partial charge in [0.25, 0.3) is 11.6 Å². The summed E-state index contributed by atoms with van der Waals surface area (Å²) in [5.74, 6) is -0.558. The van der Waals surface area contributed by atoms with E-state index in [2.05, 4.69) is 15.6 Å². The Bertz CT molecular complexity index is 1050. The highest BCUT2D eigenvalue weighted by Gasteiger charge is 2.17. The van der Waals surface area contributed by atoms with Gasteiger partial charge in [-0.25, -0.2) is 4.98 Å². The van der Waals surface area contributed by atoms with Crippen molar-refractivity contribution >= 4 is 39.7 Å². The first-order chi connectivity index (χ1) is 14.0. The maximum atomic E-state index is 12.4. The molecule has 3 aromatic rings. The van der Waals surface area contributed by atoms with Crippen LogP contribution in [0, 0.1) is 10.1 Å². The van der Waals surface area contributed by atoms with E-state index < -0.39 is 10.8 Å². The molecule has 1 aromatic heterocycles. The van der Waals surface area contributed by atoms with Crippen molar-refractivity contribution in [3.8, 4) is 5.75 Å². The van der Waals surface area contributed by atoms with Gasteiger partial charge >= 0.3 is 0 Å². The molecule has 0 radical (unpaired) electrons. The number of methoxy groups -OCH3 is 1. The van der Waals surface area contributed by atoms with Gasteiger partial charge in [-0.15, -0.1) is 11.3 Å². The number of nitro groups is 1. The van der Waals surface area contributed by atoms with Crippen LogP contribution in [0.15, 0.2) is 53.9 Å². The molecule has 0 spiro atoms. The highest BCUT2D eigenvalue weighted by molar-refractivity contribution is 7.14. The van der Waals surface area contributed by atoms with Crippen LogP contribution >= 0.6 is 11.3 Å². The molecule has 0 aliphatic heterocycles. The van der Waals surface area contributed by atoms with Crippen molar-refractivity contribution in [2.75, 3.05) is 17.7 Å². The number of carbonyl (C=O) groups excluding carboxylic acids is 2. The summed E-state index contributed by atoms with van der Waals surface area (Å²) in [4.78, 5) is 39.0. The average Bonchev–Trinajstić information content (AvgIpc) is 3.17. The molecule has 2 N–H and O–H groups in total. The van der Waals surface area contributed by atoms with Gasteiger partial charge in [-0.05, 0) is 11.6 Å². The van der Waals surface area contributed by atoms with Gasteiger partial charge in [0, 0.05) is 17.5 Å².